The van der Waals surface area contributed by atoms with E-state index in [4.69, 9.17) is 5.11 Å². The van der Waals surface area contributed by atoms with Crippen LogP contribution >= 0.6 is 0 Å². The zero-order valence-electron chi connectivity index (χ0n) is 8.05. The first-order valence-corrected chi connectivity index (χ1v) is 4.67. The summed E-state index contributed by atoms with van der Waals surface area (Å²) in [7, 11) is 0. The summed E-state index contributed by atoms with van der Waals surface area (Å²) in [6.07, 6.45) is 1.77. The Bertz CT molecular complexity index is 502. The quantitative estimate of drug-likeness (QED) is 0.803. The first-order chi connectivity index (χ1) is 7.18. The van der Waals surface area contributed by atoms with Crippen LogP contribution < -0.4 is 0 Å². The SMILES string of the molecule is O=C(O)CCn1cc2ccccc2c1O. The first-order valence-electron chi connectivity index (χ1n) is 4.67. The lowest BCUT2D eigenvalue weighted by Gasteiger charge is -2.01. The average molecular weight is 205 g/mol. The lowest BCUT2D eigenvalue weighted by atomic mass is 10.2. The lowest BCUT2D eigenvalue weighted by Crippen LogP contribution is -2.02. The van der Waals surface area contributed by atoms with Gasteiger partial charge in [-0.15, -0.1) is 0 Å². The molecule has 0 aliphatic rings. The molecule has 0 aliphatic carbocycles. The van der Waals surface area contributed by atoms with Gasteiger partial charge in [0.25, 0.3) is 0 Å². The minimum absolute atomic E-state index is 0.00848. The molecule has 0 saturated carbocycles. The van der Waals surface area contributed by atoms with Gasteiger partial charge in [-0.05, 0) is 6.07 Å². The molecule has 0 aliphatic heterocycles. The van der Waals surface area contributed by atoms with E-state index in [0.717, 1.165) is 10.8 Å². The van der Waals surface area contributed by atoms with Crippen molar-refractivity contribution in [3.05, 3.63) is 30.5 Å². The predicted octanol–water partition coefficient (Wildman–Crippen LogP) is 1.82. The molecule has 0 fully saturated rings. The maximum atomic E-state index is 10.4. The lowest BCUT2D eigenvalue weighted by molar-refractivity contribution is -0.137. The molecule has 78 valence electrons. The third-order valence-corrected chi connectivity index (χ3v) is 2.34. The molecule has 0 radical (unpaired) electrons. The van der Waals surface area contributed by atoms with Gasteiger partial charge in [0.2, 0.25) is 0 Å². The Labute approximate surface area is 86.4 Å². The van der Waals surface area contributed by atoms with E-state index in [0.29, 0.717) is 0 Å². The van der Waals surface area contributed by atoms with Crippen LogP contribution in [0.3, 0.4) is 0 Å². The molecule has 0 atom stereocenters. The molecule has 2 aromatic rings. The summed E-state index contributed by atoms with van der Waals surface area (Å²) in [5.41, 5.74) is 0. The maximum absolute atomic E-state index is 10.4. The topological polar surface area (TPSA) is 62.5 Å². The summed E-state index contributed by atoms with van der Waals surface area (Å²) in [6, 6.07) is 7.40. The van der Waals surface area contributed by atoms with Crippen molar-refractivity contribution in [2.24, 2.45) is 0 Å². The fraction of sp³-hybridized carbons (Fsp3) is 0.182. The number of aromatic hydroxyl groups is 1. The van der Waals surface area contributed by atoms with Crippen LogP contribution in [0.15, 0.2) is 30.5 Å². The second-order valence-electron chi connectivity index (χ2n) is 3.38. The van der Waals surface area contributed by atoms with Crippen LogP contribution in [0.25, 0.3) is 10.8 Å². The molecule has 0 spiro atoms. The van der Waals surface area contributed by atoms with E-state index in [1.165, 1.54) is 0 Å². The second-order valence-corrected chi connectivity index (χ2v) is 3.38. The fourth-order valence-corrected chi connectivity index (χ4v) is 1.58. The Morgan fingerprint density at radius 1 is 1.33 bits per heavy atom. The van der Waals surface area contributed by atoms with Crippen molar-refractivity contribution >= 4 is 16.7 Å². The number of fused-ring (bicyclic) bond motifs is 1. The Morgan fingerprint density at radius 3 is 2.73 bits per heavy atom. The van der Waals surface area contributed by atoms with Gasteiger partial charge in [0.1, 0.15) is 0 Å². The zero-order chi connectivity index (χ0) is 10.8. The van der Waals surface area contributed by atoms with E-state index < -0.39 is 5.97 Å². The van der Waals surface area contributed by atoms with E-state index >= 15 is 0 Å². The highest BCUT2D eigenvalue weighted by Crippen LogP contribution is 2.26. The van der Waals surface area contributed by atoms with Gasteiger partial charge in [-0.2, -0.15) is 0 Å². The molecule has 1 aromatic carbocycles. The summed E-state index contributed by atoms with van der Waals surface area (Å²) >= 11 is 0. The van der Waals surface area contributed by atoms with Crippen molar-refractivity contribution < 1.29 is 15.0 Å². The number of aryl methyl sites for hydroxylation is 1. The van der Waals surface area contributed by atoms with E-state index in [9.17, 15) is 9.90 Å². The van der Waals surface area contributed by atoms with Gasteiger partial charge in [-0.1, -0.05) is 18.2 Å². The Morgan fingerprint density at radius 2 is 2.07 bits per heavy atom. The van der Waals surface area contributed by atoms with Crippen molar-refractivity contribution in [2.45, 2.75) is 13.0 Å². The van der Waals surface area contributed by atoms with Crippen LogP contribution in [0.1, 0.15) is 6.42 Å². The Balaban J connectivity index is 2.36. The summed E-state index contributed by atoms with van der Waals surface area (Å²) in [5, 5.41) is 20.0. The van der Waals surface area contributed by atoms with Gasteiger partial charge >= 0.3 is 5.97 Å². The Hall–Kier alpha value is -1.97. The number of hydrogen-bond acceptors (Lipinski definition) is 2. The molecule has 1 heterocycles. The number of carboxylic acid groups (broad SMARTS) is 1. The number of carbonyl (C=O) groups is 1. The molecule has 15 heavy (non-hydrogen) atoms. The summed E-state index contributed by atoms with van der Waals surface area (Å²) in [5.74, 6) is -0.737. The molecule has 2 N–H and O–H groups in total. The van der Waals surface area contributed by atoms with Gasteiger partial charge < -0.3 is 14.8 Å². The van der Waals surface area contributed by atoms with Crippen LogP contribution in [0.5, 0.6) is 5.88 Å². The molecule has 0 unspecified atom stereocenters. The molecule has 1 aromatic heterocycles. The highest BCUT2D eigenvalue weighted by Gasteiger charge is 2.07. The number of nitrogens with zero attached hydrogens (tertiary/aromatic N) is 1. The smallest absolute Gasteiger partial charge is 0.305 e. The van der Waals surface area contributed by atoms with Crippen LogP contribution in [0.4, 0.5) is 0 Å². The molecule has 0 amide bonds. The fourth-order valence-electron chi connectivity index (χ4n) is 1.58. The molecule has 4 nitrogen and oxygen atoms in total. The Kier molecular flexibility index (Phi) is 2.33. The van der Waals surface area contributed by atoms with Gasteiger partial charge in [0.05, 0.1) is 6.42 Å². The van der Waals surface area contributed by atoms with Gasteiger partial charge in [-0.25, -0.2) is 0 Å². The minimum Gasteiger partial charge on any atom is -0.494 e. The maximum Gasteiger partial charge on any atom is 0.305 e. The van der Waals surface area contributed by atoms with E-state index in [1.807, 2.05) is 24.3 Å². The highest BCUT2D eigenvalue weighted by molar-refractivity contribution is 5.87. The predicted molar refractivity (Wildman–Crippen MR) is 55.9 cm³/mol. The van der Waals surface area contributed by atoms with Crippen LogP contribution in [-0.2, 0) is 11.3 Å². The van der Waals surface area contributed by atoms with Crippen LogP contribution in [-0.4, -0.2) is 20.7 Å². The number of benzene rings is 1. The number of aliphatic carboxylic acids is 1. The standard InChI is InChI=1S/C11H11NO3/c13-10(14)5-6-12-7-8-3-1-2-4-9(8)11(12)15/h1-4,7,15H,5-6H2,(H,13,14). The highest BCUT2D eigenvalue weighted by atomic mass is 16.4. The average Bonchev–Trinajstić information content (AvgIpc) is 2.54. The normalized spacial score (nSPS) is 10.7. The van der Waals surface area contributed by atoms with Crippen molar-refractivity contribution in [2.75, 3.05) is 0 Å². The molecular formula is C11H11NO3. The van der Waals surface area contributed by atoms with Crippen molar-refractivity contribution in [1.29, 1.82) is 0 Å². The van der Waals surface area contributed by atoms with E-state index in [2.05, 4.69) is 0 Å². The van der Waals surface area contributed by atoms with E-state index in [-0.39, 0.29) is 18.8 Å². The van der Waals surface area contributed by atoms with Gasteiger partial charge in [0, 0.05) is 23.5 Å². The van der Waals surface area contributed by atoms with E-state index in [1.54, 1.807) is 10.8 Å². The van der Waals surface area contributed by atoms with Crippen molar-refractivity contribution in [3.8, 4) is 5.88 Å². The second kappa shape index (κ2) is 3.65. The molecular weight excluding hydrogens is 194 g/mol. The largest absolute Gasteiger partial charge is 0.494 e. The summed E-state index contributed by atoms with van der Waals surface area (Å²) in [4.78, 5) is 10.4. The van der Waals surface area contributed by atoms with Crippen LogP contribution in [0.2, 0.25) is 0 Å². The first kappa shape index (κ1) is 9.58. The van der Waals surface area contributed by atoms with Crippen LogP contribution in [0, 0.1) is 0 Å². The minimum atomic E-state index is -0.868. The summed E-state index contributed by atoms with van der Waals surface area (Å²) in [6.45, 7) is 0.288. The third kappa shape index (κ3) is 1.79. The zero-order valence-corrected chi connectivity index (χ0v) is 8.05. The van der Waals surface area contributed by atoms with Crippen molar-refractivity contribution in [3.63, 3.8) is 0 Å². The summed E-state index contributed by atoms with van der Waals surface area (Å²) < 4.78 is 1.55. The number of rotatable bonds is 3. The third-order valence-electron chi connectivity index (χ3n) is 2.34. The monoisotopic (exact) mass is 205 g/mol. The van der Waals surface area contributed by atoms with Gasteiger partial charge in [-0.3, -0.25) is 4.79 Å². The number of aromatic nitrogens is 1. The number of carboxylic acids is 1. The molecule has 0 bridgehead atoms. The molecule has 0 saturated heterocycles. The van der Waals surface area contributed by atoms with Gasteiger partial charge in [0.15, 0.2) is 5.88 Å². The van der Waals surface area contributed by atoms with Crippen molar-refractivity contribution in [1.82, 2.24) is 4.57 Å². The molecule has 4 heteroatoms. The number of hydrogen-bond donors (Lipinski definition) is 2. The molecule has 2 rings (SSSR count).